The topological polar surface area (TPSA) is 79.5 Å². The molecule has 3 aliphatic heterocycles. The summed E-state index contributed by atoms with van der Waals surface area (Å²) in [6.07, 6.45) is 3.89. The highest BCUT2D eigenvalue weighted by molar-refractivity contribution is 6.01. The van der Waals surface area contributed by atoms with Crippen molar-refractivity contribution in [2.75, 3.05) is 5.32 Å². The summed E-state index contributed by atoms with van der Waals surface area (Å²) in [5.41, 5.74) is 1.11. The molecule has 122 valence electrons. The summed E-state index contributed by atoms with van der Waals surface area (Å²) in [6.45, 7) is 1.70. The fourth-order valence-corrected chi connectivity index (χ4v) is 3.79. The van der Waals surface area contributed by atoms with E-state index in [4.69, 9.17) is 4.74 Å². The predicted molar refractivity (Wildman–Crippen MR) is 85.6 cm³/mol. The van der Waals surface area contributed by atoms with Crippen molar-refractivity contribution in [3.63, 3.8) is 0 Å². The maximum absolute atomic E-state index is 12.5. The molecule has 2 fully saturated rings. The number of ether oxygens (including phenoxy) is 1. The van der Waals surface area contributed by atoms with Crippen LogP contribution in [0.4, 0.5) is 5.69 Å². The number of hydrogen-bond donors (Lipinski definition) is 3. The molecule has 0 spiro atoms. The molecule has 4 rings (SSSR count). The van der Waals surface area contributed by atoms with E-state index in [0.29, 0.717) is 29.1 Å². The van der Waals surface area contributed by atoms with E-state index >= 15 is 0 Å². The third-order valence-corrected chi connectivity index (χ3v) is 4.98. The van der Waals surface area contributed by atoms with Crippen LogP contribution in [0.2, 0.25) is 0 Å². The van der Waals surface area contributed by atoms with Gasteiger partial charge in [0.2, 0.25) is 0 Å². The molecular formula is C17H21N3O3. The van der Waals surface area contributed by atoms with Crippen LogP contribution in [-0.4, -0.2) is 36.0 Å². The quantitative estimate of drug-likeness (QED) is 0.771. The lowest BCUT2D eigenvalue weighted by atomic mass is 9.99. The normalized spacial score (nSPS) is 31.8. The van der Waals surface area contributed by atoms with Gasteiger partial charge in [-0.3, -0.25) is 9.59 Å². The highest BCUT2D eigenvalue weighted by Gasteiger charge is 2.34. The SMILES string of the molecule is CC1Oc2ccc(C(=O)N[C@H]3C[C@H]4CC[C@@H](C3)N4)cc2NC1=O. The van der Waals surface area contributed by atoms with Crippen LogP contribution < -0.4 is 20.7 Å². The molecule has 23 heavy (non-hydrogen) atoms. The Morgan fingerprint density at radius 2 is 2.00 bits per heavy atom. The monoisotopic (exact) mass is 315 g/mol. The molecule has 2 amide bonds. The van der Waals surface area contributed by atoms with Crippen LogP contribution in [-0.2, 0) is 4.79 Å². The number of carbonyl (C=O) groups excluding carboxylic acids is 2. The summed E-state index contributed by atoms with van der Waals surface area (Å²) >= 11 is 0. The van der Waals surface area contributed by atoms with E-state index in [2.05, 4.69) is 16.0 Å². The zero-order chi connectivity index (χ0) is 16.0. The van der Waals surface area contributed by atoms with Gasteiger partial charge < -0.3 is 20.7 Å². The van der Waals surface area contributed by atoms with Crippen LogP contribution in [0.15, 0.2) is 18.2 Å². The van der Waals surface area contributed by atoms with Gasteiger partial charge in [-0.2, -0.15) is 0 Å². The number of rotatable bonds is 2. The molecule has 3 N–H and O–H groups in total. The smallest absolute Gasteiger partial charge is 0.265 e. The van der Waals surface area contributed by atoms with E-state index in [-0.39, 0.29) is 17.9 Å². The summed E-state index contributed by atoms with van der Waals surface area (Å²) in [4.78, 5) is 24.2. The Bertz CT molecular complexity index is 648. The first-order chi connectivity index (χ1) is 11.1. The number of anilines is 1. The van der Waals surface area contributed by atoms with Crippen LogP contribution in [0.3, 0.4) is 0 Å². The molecule has 3 aliphatic rings. The predicted octanol–water partition coefficient (Wildman–Crippen LogP) is 1.42. The summed E-state index contributed by atoms with van der Waals surface area (Å²) in [5.74, 6) is 0.325. The maximum Gasteiger partial charge on any atom is 0.265 e. The molecular weight excluding hydrogens is 294 g/mol. The van der Waals surface area contributed by atoms with E-state index in [9.17, 15) is 9.59 Å². The second-order valence-corrected chi connectivity index (χ2v) is 6.74. The Kier molecular flexibility index (Phi) is 3.49. The minimum absolute atomic E-state index is 0.0908. The average Bonchev–Trinajstić information content (AvgIpc) is 2.87. The molecule has 2 bridgehead atoms. The lowest BCUT2D eigenvalue weighted by Crippen LogP contribution is -2.48. The summed E-state index contributed by atoms with van der Waals surface area (Å²) in [6, 6.07) is 6.47. The number of amides is 2. The zero-order valence-corrected chi connectivity index (χ0v) is 13.1. The molecule has 2 saturated heterocycles. The Hall–Kier alpha value is -2.08. The van der Waals surface area contributed by atoms with Gasteiger partial charge in [-0.05, 0) is 50.8 Å². The molecule has 0 aliphatic carbocycles. The Labute approximate surface area is 135 Å². The Morgan fingerprint density at radius 1 is 1.26 bits per heavy atom. The molecule has 0 saturated carbocycles. The zero-order valence-electron chi connectivity index (χ0n) is 13.1. The van der Waals surface area contributed by atoms with Gasteiger partial charge in [0.1, 0.15) is 5.75 Å². The molecule has 4 atom stereocenters. The highest BCUT2D eigenvalue weighted by atomic mass is 16.5. The van der Waals surface area contributed by atoms with Crippen molar-refractivity contribution in [1.82, 2.24) is 10.6 Å². The number of hydrogen-bond acceptors (Lipinski definition) is 4. The summed E-state index contributed by atoms with van der Waals surface area (Å²) in [5, 5.41) is 9.48. The van der Waals surface area contributed by atoms with Gasteiger partial charge in [-0.15, -0.1) is 0 Å². The van der Waals surface area contributed by atoms with Crippen molar-refractivity contribution >= 4 is 17.5 Å². The number of piperidine rings is 1. The molecule has 1 aromatic carbocycles. The van der Waals surface area contributed by atoms with E-state index in [1.54, 1.807) is 25.1 Å². The number of carbonyl (C=O) groups is 2. The number of benzene rings is 1. The Balaban J connectivity index is 1.46. The molecule has 0 aromatic heterocycles. The van der Waals surface area contributed by atoms with Gasteiger partial charge in [0.05, 0.1) is 5.69 Å². The molecule has 0 radical (unpaired) electrons. The lowest BCUT2D eigenvalue weighted by Gasteiger charge is -2.30. The average molecular weight is 315 g/mol. The number of nitrogens with one attached hydrogen (secondary N) is 3. The van der Waals surface area contributed by atoms with E-state index in [1.807, 2.05) is 0 Å². The second kappa shape index (κ2) is 5.53. The first-order valence-electron chi connectivity index (χ1n) is 8.27. The minimum Gasteiger partial charge on any atom is -0.479 e. The van der Waals surface area contributed by atoms with Crippen LogP contribution >= 0.6 is 0 Å². The van der Waals surface area contributed by atoms with E-state index in [0.717, 1.165) is 12.8 Å². The van der Waals surface area contributed by atoms with Gasteiger partial charge in [0.15, 0.2) is 6.10 Å². The largest absolute Gasteiger partial charge is 0.479 e. The fourth-order valence-electron chi connectivity index (χ4n) is 3.79. The Morgan fingerprint density at radius 3 is 2.74 bits per heavy atom. The minimum atomic E-state index is -0.507. The van der Waals surface area contributed by atoms with Crippen molar-refractivity contribution in [1.29, 1.82) is 0 Å². The fraction of sp³-hybridized carbons (Fsp3) is 0.529. The van der Waals surface area contributed by atoms with Crippen molar-refractivity contribution in [3.05, 3.63) is 23.8 Å². The third-order valence-electron chi connectivity index (χ3n) is 4.98. The van der Waals surface area contributed by atoms with Crippen LogP contribution in [0.5, 0.6) is 5.75 Å². The van der Waals surface area contributed by atoms with Crippen molar-refractivity contribution in [2.45, 2.75) is 56.8 Å². The summed E-state index contributed by atoms with van der Waals surface area (Å²) < 4.78 is 5.51. The lowest BCUT2D eigenvalue weighted by molar-refractivity contribution is -0.122. The molecule has 6 nitrogen and oxygen atoms in total. The van der Waals surface area contributed by atoms with E-state index in [1.165, 1.54) is 12.8 Å². The van der Waals surface area contributed by atoms with Gasteiger partial charge >= 0.3 is 0 Å². The second-order valence-electron chi connectivity index (χ2n) is 6.74. The number of fused-ring (bicyclic) bond motifs is 3. The van der Waals surface area contributed by atoms with Crippen molar-refractivity contribution in [3.8, 4) is 5.75 Å². The molecule has 3 heterocycles. The van der Waals surface area contributed by atoms with Crippen molar-refractivity contribution in [2.24, 2.45) is 0 Å². The third kappa shape index (κ3) is 2.79. The van der Waals surface area contributed by atoms with Crippen molar-refractivity contribution < 1.29 is 14.3 Å². The van der Waals surface area contributed by atoms with Crippen LogP contribution in [0.1, 0.15) is 43.0 Å². The van der Waals surface area contributed by atoms with E-state index < -0.39 is 6.10 Å². The molecule has 1 aromatic rings. The highest BCUT2D eigenvalue weighted by Crippen LogP contribution is 2.31. The summed E-state index contributed by atoms with van der Waals surface area (Å²) in [7, 11) is 0. The van der Waals surface area contributed by atoms with Crippen LogP contribution in [0, 0.1) is 0 Å². The van der Waals surface area contributed by atoms with Gasteiger partial charge in [-0.25, -0.2) is 0 Å². The van der Waals surface area contributed by atoms with Gasteiger partial charge in [0.25, 0.3) is 11.8 Å². The molecule has 6 heteroatoms. The van der Waals surface area contributed by atoms with Gasteiger partial charge in [-0.1, -0.05) is 0 Å². The van der Waals surface area contributed by atoms with Crippen LogP contribution in [0.25, 0.3) is 0 Å². The molecule has 1 unspecified atom stereocenters. The first-order valence-corrected chi connectivity index (χ1v) is 8.27. The standard InChI is InChI=1S/C17H21N3O3/c1-9-16(21)20-14-6-10(2-5-15(14)23-9)17(22)19-13-7-11-3-4-12(8-13)18-11/h2,5-6,9,11-13,18H,3-4,7-8H2,1H3,(H,19,22)(H,20,21)/t9?,11-,12+,13+. The maximum atomic E-state index is 12.5. The van der Waals surface area contributed by atoms with Gasteiger partial charge in [0, 0.05) is 23.7 Å². The first kappa shape index (κ1) is 14.5.